The van der Waals surface area contributed by atoms with Crippen LogP contribution in [0.1, 0.15) is 17.5 Å². The lowest BCUT2D eigenvalue weighted by atomic mass is 10.1. The number of hydrogen-bond acceptors (Lipinski definition) is 5. The molecule has 8 heteroatoms. The Bertz CT molecular complexity index is 603. The molecule has 21 heavy (non-hydrogen) atoms. The van der Waals surface area contributed by atoms with E-state index in [0.717, 1.165) is 17.1 Å². The topological polar surface area (TPSA) is 74.8 Å². The van der Waals surface area contributed by atoms with E-state index in [2.05, 4.69) is 10.3 Å². The third-order valence-electron chi connectivity index (χ3n) is 3.41. The van der Waals surface area contributed by atoms with Crippen molar-refractivity contribution in [2.45, 2.75) is 13.0 Å². The summed E-state index contributed by atoms with van der Waals surface area (Å²) in [7, 11) is 1.48. The smallest absolute Gasteiger partial charge is 0.281 e. The number of aromatic nitrogens is 1. The van der Waals surface area contributed by atoms with Crippen molar-refractivity contribution in [3.63, 3.8) is 0 Å². The molecular weight excluding hydrogens is 292 g/mol. The van der Waals surface area contributed by atoms with Crippen LogP contribution in [0.15, 0.2) is 12.1 Å². The molecule has 118 valence electrons. The molecule has 1 aromatic rings. The lowest BCUT2D eigenvalue weighted by molar-refractivity contribution is -0.00626. The van der Waals surface area contributed by atoms with Crippen LogP contribution in [-0.2, 0) is 14.9 Å². The molecule has 1 aliphatic rings. The number of ether oxygens (including phenoxy) is 1. The van der Waals surface area contributed by atoms with E-state index < -0.39 is 10.2 Å². The number of nitrogens with one attached hydrogen (secondary N) is 1. The van der Waals surface area contributed by atoms with Crippen LogP contribution in [0.2, 0.25) is 0 Å². The Morgan fingerprint density at radius 2 is 2.14 bits per heavy atom. The molecule has 0 bridgehead atoms. The SMILES string of the molecule is CNc1cc(C)nc([C@@H]2CN(S(=O)(=O)N(C)C)CCO2)c1. The molecule has 0 aliphatic carbocycles. The van der Waals surface area contributed by atoms with Gasteiger partial charge in [-0.05, 0) is 19.1 Å². The summed E-state index contributed by atoms with van der Waals surface area (Å²) in [6, 6.07) is 3.82. The van der Waals surface area contributed by atoms with Gasteiger partial charge in [-0.1, -0.05) is 0 Å². The van der Waals surface area contributed by atoms with E-state index in [9.17, 15) is 8.42 Å². The van der Waals surface area contributed by atoms with Gasteiger partial charge in [0.05, 0.1) is 12.3 Å². The summed E-state index contributed by atoms with van der Waals surface area (Å²) in [5.41, 5.74) is 2.56. The van der Waals surface area contributed by atoms with Gasteiger partial charge in [-0.25, -0.2) is 0 Å². The number of morpholine rings is 1. The van der Waals surface area contributed by atoms with E-state index in [-0.39, 0.29) is 12.6 Å². The van der Waals surface area contributed by atoms with Gasteiger partial charge in [0.15, 0.2) is 0 Å². The first-order valence-corrected chi connectivity index (χ1v) is 8.20. The molecule has 0 saturated carbocycles. The van der Waals surface area contributed by atoms with Crippen LogP contribution in [0.25, 0.3) is 0 Å². The summed E-state index contributed by atoms with van der Waals surface area (Å²) in [5.74, 6) is 0. The van der Waals surface area contributed by atoms with Crippen LogP contribution in [0.5, 0.6) is 0 Å². The van der Waals surface area contributed by atoms with Crippen molar-refractivity contribution in [2.24, 2.45) is 0 Å². The fourth-order valence-electron chi connectivity index (χ4n) is 2.25. The molecule has 2 rings (SSSR count). The number of rotatable bonds is 4. The molecule has 0 radical (unpaired) electrons. The van der Waals surface area contributed by atoms with Crippen LogP contribution in [0.4, 0.5) is 5.69 Å². The Kier molecular flexibility index (Phi) is 4.82. The van der Waals surface area contributed by atoms with Crippen molar-refractivity contribution in [1.82, 2.24) is 13.6 Å². The second-order valence-corrected chi connectivity index (χ2v) is 7.32. The highest BCUT2D eigenvalue weighted by molar-refractivity contribution is 7.86. The first kappa shape index (κ1) is 16.2. The predicted octanol–water partition coefficient (Wildman–Crippen LogP) is 0.611. The number of anilines is 1. The largest absolute Gasteiger partial charge is 0.388 e. The van der Waals surface area contributed by atoms with Gasteiger partial charge >= 0.3 is 0 Å². The summed E-state index contributed by atoms with van der Waals surface area (Å²) in [4.78, 5) is 4.47. The zero-order chi connectivity index (χ0) is 15.6. The summed E-state index contributed by atoms with van der Waals surface area (Å²) >= 11 is 0. The maximum absolute atomic E-state index is 12.2. The maximum Gasteiger partial charge on any atom is 0.281 e. The van der Waals surface area contributed by atoms with Crippen molar-refractivity contribution < 1.29 is 13.2 Å². The zero-order valence-electron chi connectivity index (χ0n) is 12.8. The minimum absolute atomic E-state index is 0.278. The number of nitrogens with zero attached hydrogens (tertiary/aromatic N) is 3. The highest BCUT2D eigenvalue weighted by Crippen LogP contribution is 2.25. The number of aryl methyl sites for hydroxylation is 1. The summed E-state index contributed by atoms with van der Waals surface area (Å²) < 4.78 is 32.8. The maximum atomic E-state index is 12.2. The van der Waals surface area contributed by atoms with E-state index in [1.807, 2.05) is 26.1 Å². The minimum Gasteiger partial charge on any atom is -0.388 e. The minimum atomic E-state index is -3.42. The molecule has 1 N–H and O–H groups in total. The molecule has 2 heterocycles. The normalized spacial score (nSPS) is 20.7. The first-order valence-electron chi connectivity index (χ1n) is 6.80. The van der Waals surface area contributed by atoms with Crippen LogP contribution in [0, 0.1) is 6.92 Å². The highest BCUT2D eigenvalue weighted by Gasteiger charge is 2.32. The predicted molar refractivity (Wildman–Crippen MR) is 81.4 cm³/mol. The highest BCUT2D eigenvalue weighted by atomic mass is 32.2. The first-order chi connectivity index (χ1) is 9.84. The molecule has 1 fully saturated rings. The third-order valence-corrected chi connectivity index (χ3v) is 5.32. The Labute approximate surface area is 126 Å². The molecule has 0 spiro atoms. The average Bonchev–Trinajstić information content (AvgIpc) is 2.46. The van der Waals surface area contributed by atoms with Crippen molar-refractivity contribution in [3.05, 3.63) is 23.5 Å². The van der Waals surface area contributed by atoms with E-state index in [4.69, 9.17) is 4.74 Å². The molecule has 0 unspecified atom stereocenters. The van der Waals surface area contributed by atoms with Gasteiger partial charge in [-0.15, -0.1) is 0 Å². The van der Waals surface area contributed by atoms with Gasteiger partial charge < -0.3 is 10.1 Å². The Balaban J connectivity index is 2.24. The van der Waals surface area contributed by atoms with E-state index in [1.165, 1.54) is 22.7 Å². The van der Waals surface area contributed by atoms with Gasteiger partial charge in [0.2, 0.25) is 0 Å². The van der Waals surface area contributed by atoms with Crippen molar-refractivity contribution in [3.8, 4) is 0 Å². The lowest BCUT2D eigenvalue weighted by Gasteiger charge is -2.33. The molecular formula is C13H22N4O3S. The van der Waals surface area contributed by atoms with Crippen molar-refractivity contribution in [1.29, 1.82) is 0 Å². The molecule has 1 saturated heterocycles. The van der Waals surface area contributed by atoms with E-state index in [0.29, 0.717) is 13.2 Å². The lowest BCUT2D eigenvalue weighted by Crippen LogP contribution is -2.47. The third kappa shape index (κ3) is 3.52. The van der Waals surface area contributed by atoms with E-state index in [1.54, 1.807) is 0 Å². The van der Waals surface area contributed by atoms with Gasteiger partial charge in [0.1, 0.15) is 6.10 Å². The fourth-order valence-corrected chi connectivity index (χ4v) is 3.34. The van der Waals surface area contributed by atoms with Gasteiger partial charge in [0, 0.05) is 45.6 Å². The monoisotopic (exact) mass is 314 g/mol. The van der Waals surface area contributed by atoms with Crippen LogP contribution >= 0.6 is 0 Å². The Hall–Kier alpha value is -1.22. The molecule has 0 amide bonds. The van der Waals surface area contributed by atoms with Gasteiger partial charge in [-0.2, -0.15) is 17.0 Å². The molecule has 0 aromatic carbocycles. The molecule has 1 atom stereocenters. The zero-order valence-corrected chi connectivity index (χ0v) is 13.6. The Morgan fingerprint density at radius 3 is 2.76 bits per heavy atom. The number of pyridine rings is 1. The average molecular weight is 314 g/mol. The standard InChI is InChI=1S/C13H22N4O3S/c1-10-7-11(14-2)8-12(15-10)13-9-17(5-6-20-13)21(18,19)16(3)4/h7-8,13H,5-6,9H2,1-4H3,(H,14,15)/t13-/m0/s1. The van der Waals surface area contributed by atoms with Crippen LogP contribution < -0.4 is 5.32 Å². The Morgan fingerprint density at radius 1 is 1.43 bits per heavy atom. The van der Waals surface area contributed by atoms with Crippen molar-refractivity contribution in [2.75, 3.05) is 46.2 Å². The second-order valence-electron chi connectivity index (χ2n) is 5.18. The molecule has 7 nitrogen and oxygen atoms in total. The van der Waals surface area contributed by atoms with Gasteiger partial charge in [-0.3, -0.25) is 4.98 Å². The van der Waals surface area contributed by atoms with Gasteiger partial charge in [0.25, 0.3) is 10.2 Å². The molecule has 1 aromatic heterocycles. The molecule has 1 aliphatic heterocycles. The van der Waals surface area contributed by atoms with Crippen LogP contribution in [-0.4, -0.2) is 62.9 Å². The summed E-state index contributed by atoms with van der Waals surface area (Å²) in [5, 5.41) is 3.07. The number of hydrogen-bond donors (Lipinski definition) is 1. The van der Waals surface area contributed by atoms with Crippen LogP contribution in [0.3, 0.4) is 0 Å². The van der Waals surface area contributed by atoms with Crippen molar-refractivity contribution >= 4 is 15.9 Å². The fraction of sp³-hybridized carbons (Fsp3) is 0.615. The van der Waals surface area contributed by atoms with E-state index >= 15 is 0 Å². The quantitative estimate of drug-likeness (QED) is 0.881. The summed E-state index contributed by atoms with van der Waals surface area (Å²) in [6.45, 7) is 2.91. The second kappa shape index (κ2) is 6.27. The summed E-state index contributed by atoms with van der Waals surface area (Å²) in [6.07, 6.45) is -0.347.